The Morgan fingerprint density at radius 3 is 2.48 bits per heavy atom. The third-order valence-electron chi connectivity index (χ3n) is 6.60. The molecule has 5 heteroatoms. The minimum Gasteiger partial charge on any atom is -0.383 e. The lowest BCUT2D eigenvalue weighted by Crippen LogP contribution is -2.46. The zero-order valence-electron chi connectivity index (χ0n) is 16.3. The Labute approximate surface area is 153 Å². The van der Waals surface area contributed by atoms with Crippen LogP contribution < -0.4 is 0 Å². The molecule has 0 unspecified atom stereocenters. The van der Waals surface area contributed by atoms with Crippen molar-refractivity contribution in [1.29, 1.82) is 0 Å². The zero-order chi connectivity index (χ0) is 17.9. The lowest BCUT2D eigenvalue weighted by Gasteiger charge is -2.39. The van der Waals surface area contributed by atoms with E-state index >= 15 is 0 Å². The van der Waals surface area contributed by atoms with E-state index in [2.05, 4.69) is 18.7 Å². The molecule has 0 bridgehead atoms. The molecule has 1 spiro atoms. The summed E-state index contributed by atoms with van der Waals surface area (Å²) in [6.45, 7) is 8.58. The summed E-state index contributed by atoms with van der Waals surface area (Å²) in [6.07, 6.45) is 8.52. The first kappa shape index (κ1) is 19.1. The standard InChI is InChI=1S/C20H36N2O3/c1-16(2)22-15-20(12-17(22)13-24-3)8-10-21(11-9-20)19(23)14-25-18-6-4-5-7-18/h16-18H,4-15H2,1-3H3/t17-/m1/s1. The van der Waals surface area contributed by atoms with Crippen molar-refractivity contribution in [3.8, 4) is 0 Å². The van der Waals surface area contributed by atoms with Gasteiger partial charge < -0.3 is 14.4 Å². The van der Waals surface area contributed by atoms with Crippen molar-refractivity contribution in [3.05, 3.63) is 0 Å². The maximum absolute atomic E-state index is 12.5. The van der Waals surface area contributed by atoms with E-state index in [1.807, 2.05) is 4.90 Å². The molecule has 1 saturated carbocycles. The van der Waals surface area contributed by atoms with Gasteiger partial charge in [-0.2, -0.15) is 0 Å². The summed E-state index contributed by atoms with van der Waals surface area (Å²) in [5.74, 6) is 0.189. The van der Waals surface area contributed by atoms with Gasteiger partial charge in [-0.1, -0.05) is 12.8 Å². The summed E-state index contributed by atoms with van der Waals surface area (Å²) < 4.78 is 11.3. The molecular formula is C20H36N2O3. The quantitative estimate of drug-likeness (QED) is 0.737. The second kappa shape index (κ2) is 8.36. The van der Waals surface area contributed by atoms with Gasteiger partial charge in [0.25, 0.3) is 0 Å². The molecule has 2 heterocycles. The molecule has 2 saturated heterocycles. The van der Waals surface area contributed by atoms with Gasteiger partial charge in [0.15, 0.2) is 0 Å². The first-order valence-corrected chi connectivity index (χ1v) is 10.2. The van der Waals surface area contributed by atoms with Gasteiger partial charge in [-0.3, -0.25) is 9.69 Å². The van der Waals surface area contributed by atoms with Crippen LogP contribution in [0.25, 0.3) is 0 Å². The van der Waals surface area contributed by atoms with E-state index in [0.29, 0.717) is 23.6 Å². The molecule has 5 nitrogen and oxygen atoms in total. The lowest BCUT2D eigenvalue weighted by atomic mass is 9.76. The Hall–Kier alpha value is -0.650. The molecule has 0 aromatic heterocycles. The van der Waals surface area contributed by atoms with Crippen molar-refractivity contribution in [2.75, 3.05) is 40.0 Å². The molecule has 25 heavy (non-hydrogen) atoms. The van der Waals surface area contributed by atoms with Crippen LogP contribution in [0.5, 0.6) is 0 Å². The highest BCUT2D eigenvalue weighted by Gasteiger charge is 2.46. The third-order valence-corrected chi connectivity index (χ3v) is 6.60. The van der Waals surface area contributed by atoms with E-state index in [0.717, 1.165) is 51.9 Å². The summed E-state index contributed by atoms with van der Waals surface area (Å²) in [6, 6.07) is 1.08. The molecule has 3 fully saturated rings. The fourth-order valence-corrected chi connectivity index (χ4v) is 5.08. The van der Waals surface area contributed by atoms with Gasteiger partial charge in [0.1, 0.15) is 6.61 Å². The van der Waals surface area contributed by atoms with Crippen LogP contribution in [0.4, 0.5) is 0 Å². The summed E-state index contributed by atoms with van der Waals surface area (Å²) in [5.41, 5.74) is 0.372. The molecule has 144 valence electrons. The average Bonchev–Trinajstić information content (AvgIpc) is 3.22. The second-order valence-electron chi connectivity index (χ2n) is 8.68. The number of likely N-dealkylation sites (tertiary alicyclic amines) is 2. The highest BCUT2D eigenvalue weighted by Crippen LogP contribution is 2.44. The first-order valence-electron chi connectivity index (χ1n) is 10.2. The maximum atomic E-state index is 12.5. The minimum absolute atomic E-state index is 0.189. The number of carbonyl (C=O) groups excluding carboxylic acids is 1. The van der Waals surface area contributed by atoms with Gasteiger partial charge in [-0.25, -0.2) is 0 Å². The number of nitrogens with zero attached hydrogens (tertiary/aromatic N) is 2. The predicted octanol–water partition coefficient (Wildman–Crippen LogP) is 2.68. The van der Waals surface area contributed by atoms with Crippen LogP contribution in [-0.2, 0) is 14.3 Å². The van der Waals surface area contributed by atoms with Crippen LogP contribution in [0.15, 0.2) is 0 Å². The predicted molar refractivity (Wildman–Crippen MR) is 98.6 cm³/mol. The van der Waals surface area contributed by atoms with Gasteiger partial charge in [0.2, 0.25) is 5.91 Å². The normalized spacial score (nSPS) is 27.7. The van der Waals surface area contributed by atoms with Crippen molar-refractivity contribution in [3.63, 3.8) is 0 Å². The van der Waals surface area contributed by atoms with Gasteiger partial charge in [0, 0.05) is 38.8 Å². The summed E-state index contributed by atoms with van der Waals surface area (Å²) >= 11 is 0. The van der Waals surface area contributed by atoms with Crippen molar-refractivity contribution >= 4 is 5.91 Å². The van der Waals surface area contributed by atoms with E-state index in [9.17, 15) is 4.79 Å². The van der Waals surface area contributed by atoms with Gasteiger partial charge >= 0.3 is 0 Å². The molecule has 1 atom stereocenters. The van der Waals surface area contributed by atoms with Crippen molar-refractivity contribution in [2.24, 2.45) is 5.41 Å². The van der Waals surface area contributed by atoms with Crippen LogP contribution in [0, 0.1) is 5.41 Å². The van der Waals surface area contributed by atoms with Crippen molar-refractivity contribution in [2.45, 2.75) is 77.0 Å². The Balaban J connectivity index is 1.48. The first-order chi connectivity index (χ1) is 12.0. The number of rotatable bonds is 6. The highest BCUT2D eigenvalue weighted by molar-refractivity contribution is 5.77. The number of ether oxygens (including phenoxy) is 2. The molecule has 0 aromatic carbocycles. The molecule has 2 aliphatic heterocycles. The number of hydrogen-bond donors (Lipinski definition) is 0. The molecule has 1 aliphatic carbocycles. The van der Waals surface area contributed by atoms with E-state index in [1.165, 1.54) is 19.3 Å². The highest BCUT2D eigenvalue weighted by atomic mass is 16.5. The van der Waals surface area contributed by atoms with Crippen LogP contribution >= 0.6 is 0 Å². The maximum Gasteiger partial charge on any atom is 0.248 e. The van der Waals surface area contributed by atoms with E-state index in [1.54, 1.807) is 7.11 Å². The Kier molecular flexibility index (Phi) is 6.39. The van der Waals surface area contributed by atoms with E-state index in [-0.39, 0.29) is 12.5 Å². The molecule has 3 rings (SSSR count). The molecule has 0 aromatic rings. The number of hydrogen-bond acceptors (Lipinski definition) is 4. The van der Waals surface area contributed by atoms with Crippen LogP contribution in [0.1, 0.15) is 58.8 Å². The largest absolute Gasteiger partial charge is 0.383 e. The SMILES string of the molecule is COC[C@H]1CC2(CCN(C(=O)COC3CCCC3)CC2)CN1C(C)C. The third kappa shape index (κ3) is 4.55. The van der Waals surface area contributed by atoms with Crippen LogP contribution in [-0.4, -0.2) is 73.9 Å². The Morgan fingerprint density at radius 2 is 1.88 bits per heavy atom. The molecule has 3 aliphatic rings. The van der Waals surface area contributed by atoms with Crippen molar-refractivity contribution in [1.82, 2.24) is 9.80 Å². The Morgan fingerprint density at radius 1 is 1.20 bits per heavy atom. The van der Waals surface area contributed by atoms with Gasteiger partial charge in [0.05, 0.1) is 12.7 Å². The average molecular weight is 353 g/mol. The lowest BCUT2D eigenvalue weighted by molar-refractivity contribution is -0.140. The minimum atomic E-state index is 0.189. The number of piperidine rings is 1. The van der Waals surface area contributed by atoms with E-state index in [4.69, 9.17) is 9.47 Å². The van der Waals surface area contributed by atoms with Gasteiger partial charge in [-0.05, 0) is 51.4 Å². The zero-order valence-corrected chi connectivity index (χ0v) is 16.3. The summed E-state index contributed by atoms with van der Waals surface area (Å²) in [7, 11) is 1.80. The molecular weight excluding hydrogens is 316 g/mol. The summed E-state index contributed by atoms with van der Waals surface area (Å²) in [4.78, 5) is 17.1. The van der Waals surface area contributed by atoms with Crippen molar-refractivity contribution < 1.29 is 14.3 Å². The molecule has 0 radical (unpaired) electrons. The molecule has 0 N–H and O–H groups in total. The number of amides is 1. The van der Waals surface area contributed by atoms with Gasteiger partial charge in [-0.15, -0.1) is 0 Å². The van der Waals surface area contributed by atoms with E-state index < -0.39 is 0 Å². The monoisotopic (exact) mass is 352 g/mol. The fraction of sp³-hybridized carbons (Fsp3) is 0.950. The fourth-order valence-electron chi connectivity index (χ4n) is 5.08. The van der Waals surface area contributed by atoms with Crippen LogP contribution in [0.2, 0.25) is 0 Å². The smallest absolute Gasteiger partial charge is 0.248 e. The topological polar surface area (TPSA) is 42.0 Å². The number of carbonyl (C=O) groups is 1. The summed E-state index contributed by atoms with van der Waals surface area (Å²) in [5, 5.41) is 0. The van der Waals surface area contributed by atoms with Crippen LogP contribution in [0.3, 0.4) is 0 Å². The second-order valence-corrected chi connectivity index (χ2v) is 8.68. The number of methoxy groups -OCH3 is 1. The molecule has 1 amide bonds. The Bertz CT molecular complexity index is 440.